The molecule has 116 valence electrons. The van der Waals surface area contributed by atoms with E-state index >= 15 is 0 Å². The molecular formula is C16H24N2O3. The van der Waals surface area contributed by atoms with Gasteiger partial charge in [-0.1, -0.05) is 0 Å². The predicted molar refractivity (Wildman–Crippen MR) is 79.2 cm³/mol. The third kappa shape index (κ3) is 3.30. The molecule has 0 radical (unpaired) electrons. The Morgan fingerprint density at radius 3 is 2.90 bits per heavy atom. The summed E-state index contributed by atoms with van der Waals surface area (Å²) in [5, 5.41) is 0. The van der Waals surface area contributed by atoms with E-state index in [-0.39, 0.29) is 5.97 Å². The molecule has 21 heavy (non-hydrogen) atoms. The summed E-state index contributed by atoms with van der Waals surface area (Å²) in [7, 11) is 1.39. The molecular weight excluding hydrogens is 268 g/mol. The Kier molecular flexibility index (Phi) is 4.60. The van der Waals surface area contributed by atoms with Gasteiger partial charge in [-0.25, -0.2) is 4.79 Å². The van der Waals surface area contributed by atoms with Crippen molar-refractivity contribution in [3.05, 3.63) is 23.7 Å². The molecule has 2 aliphatic rings. The van der Waals surface area contributed by atoms with Crippen molar-refractivity contribution >= 4 is 5.97 Å². The van der Waals surface area contributed by atoms with Crippen LogP contribution in [0.1, 0.15) is 41.8 Å². The van der Waals surface area contributed by atoms with E-state index in [1.54, 1.807) is 6.26 Å². The van der Waals surface area contributed by atoms with Gasteiger partial charge in [0.25, 0.3) is 0 Å². The molecule has 1 atom stereocenters. The van der Waals surface area contributed by atoms with Crippen LogP contribution in [0.3, 0.4) is 0 Å². The van der Waals surface area contributed by atoms with E-state index in [4.69, 9.17) is 9.15 Å². The summed E-state index contributed by atoms with van der Waals surface area (Å²) in [5.41, 5.74) is 0.940. The second-order valence-electron chi connectivity index (χ2n) is 6.04. The number of rotatable bonds is 5. The Balaban J connectivity index is 1.63. The maximum Gasteiger partial charge on any atom is 0.374 e. The fourth-order valence-electron chi connectivity index (χ4n) is 3.52. The van der Waals surface area contributed by atoms with Crippen molar-refractivity contribution in [1.29, 1.82) is 0 Å². The Bertz CT molecular complexity index is 480. The van der Waals surface area contributed by atoms with Crippen LogP contribution in [-0.4, -0.2) is 55.1 Å². The highest BCUT2D eigenvalue weighted by Gasteiger charge is 2.29. The van der Waals surface area contributed by atoms with E-state index in [0.717, 1.165) is 25.2 Å². The summed E-state index contributed by atoms with van der Waals surface area (Å²) in [5.74, 6) is -0.0328. The summed E-state index contributed by atoms with van der Waals surface area (Å²) in [6.45, 7) is 5.52. The van der Waals surface area contributed by atoms with Crippen LogP contribution >= 0.6 is 0 Å². The summed E-state index contributed by atoms with van der Waals surface area (Å²) >= 11 is 0. The Morgan fingerprint density at radius 1 is 1.33 bits per heavy atom. The normalized spacial score (nSPS) is 23.8. The van der Waals surface area contributed by atoms with Gasteiger partial charge < -0.3 is 14.1 Å². The summed E-state index contributed by atoms with van der Waals surface area (Å²) in [4.78, 5) is 16.7. The molecule has 0 saturated carbocycles. The maximum atomic E-state index is 11.7. The van der Waals surface area contributed by atoms with Gasteiger partial charge in [0.15, 0.2) is 0 Å². The first kappa shape index (κ1) is 14.6. The number of nitrogens with zero attached hydrogens (tertiary/aromatic N) is 2. The first-order chi connectivity index (χ1) is 10.3. The van der Waals surface area contributed by atoms with Gasteiger partial charge in [0.1, 0.15) is 0 Å². The molecule has 0 spiro atoms. The van der Waals surface area contributed by atoms with Crippen molar-refractivity contribution in [2.45, 2.75) is 38.3 Å². The molecule has 1 unspecified atom stereocenters. The first-order valence-electron chi connectivity index (χ1n) is 7.89. The topological polar surface area (TPSA) is 45.9 Å². The maximum absolute atomic E-state index is 11.7. The molecule has 0 bridgehead atoms. The van der Waals surface area contributed by atoms with Gasteiger partial charge >= 0.3 is 5.97 Å². The summed E-state index contributed by atoms with van der Waals surface area (Å²) in [6.07, 6.45) is 6.74. The highest BCUT2D eigenvalue weighted by molar-refractivity contribution is 5.87. The molecule has 5 nitrogen and oxygen atoms in total. The Labute approximate surface area is 125 Å². The molecule has 0 aromatic carbocycles. The van der Waals surface area contributed by atoms with Gasteiger partial charge in [-0.15, -0.1) is 0 Å². The lowest BCUT2D eigenvalue weighted by molar-refractivity contribution is 0.0561. The van der Waals surface area contributed by atoms with Gasteiger partial charge in [0.05, 0.1) is 13.4 Å². The molecule has 5 heteroatoms. The summed E-state index contributed by atoms with van der Waals surface area (Å²) < 4.78 is 10.1. The predicted octanol–water partition coefficient (Wildman–Crippen LogP) is 2.13. The first-order valence-corrected chi connectivity index (χ1v) is 7.89. The summed E-state index contributed by atoms with van der Waals surface area (Å²) in [6, 6.07) is 2.49. The monoisotopic (exact) mass is 292 g/mol. The fourth-order valence-corrected chi connectivity index (χ4v) is 3.52. The minimum absolute atomic E-state index is 0.351. The number of carbonyl (C=O) groups excluding carboxylic acids is 1. The molecule has 3 heterocycles. The zero-order valence-electron chi connectivity index (χ0n) is 12.7. The number of ether oxygens (including phenoxy) is 1. The minimum Gasteiger partial charge on any atom is -0.463 e. The van der Waals surface area contributed by atoms with Crippen molar-refractivity contribution in [2.24, 2.45) is 0 Å². The number of likely N-dealkylation sites (tertiary alicyclic amines) is 2. The standard InChI is InChI=1S/C16H24N2O3/c1-20-16(19)15-13(6-10-21-15)11-18-9-4-5-14(18)12-17-7-2-3-8-17/h6,10,14H,2-5,7-9,11-12H2,1H3. The van der Waals surface area contributed by atoms with Crippen molar-refractivity contribution in [2.75, 3.05) is 33.3 Å². The van der Waals surface area contributed by atoms with Gasteiger partial charge in [0, 0.05) is 24.7 Å². The number of esters is 1. The highest BCUT2D eigenvalue weighted by atomic mass is 16.5. The van der Waals surface area contributed by atoms with E-state index in [9.17, 15) is 4.79 Å². The SMILES string of the molecule is COC(=O)c1occc1CN1CCCC1CN1CCCC1. The second kappa shape index (κ2) is 6.62. The number of hydrogen-bond acceptors (Lipinski definition) is 5. The van der Waals surface area contributed by atoms with Crippen molar-refractivity contribution in [3.8, 4) is 0 Å². The van der Waals surface area contributed by atoms with Crippen LogP contribution in [0.5, 0.6) is 0 Å². The van der Waals surface area contributed by atoms with Crippen LogP contribution < -0.4 is 0 Å². The Morgan fingerprint density at radius 2 is 2.14 bits per heavy atom. The lowest BCUT2D eigenvalue weighted by atomic mass is 10.2. The largest absolute Gasteiger partial charge is 0.463 e. The molecule has 1 aromatic heterocycles. The van der Waals surface area contributed by atoms with Crippen molar-refractivity contribution < 1.29 is 13.9 Å². The van der Waals surface area contributed by atoms with Gasteiger partial charge in [-0.2, -0.15) is 0 Å². The molecule has 1 aromatic rings. The van der Waals surface area contributed by atoms with Crippen LogP contribution in [-0.2, 0) is 11.3 Å². The van der Waals surface area contributed by atoms with Gasteiger partial charge in [0.2, 0.25) is 5.76 Å². The number of methoxy groups -OCH3 is 1. The van der Waals surface area contributed by atoms with Crippen LogP contribution in [0.2, 0.25) is 0 Å². The van der Waals surface area contributed by atoms with E-state index in [1.165, 1.54) is 45.9 Å². The molecule has 2 saturated heterocycles. The quantitative estimate of drug-likeness (QED) is 0.778. The molecule has 3 rings (SSSR count). The second-order valence-corrected chi connectivity index (χ2v) is 6.04. The molecule has 0 N–H and O–H groups in total. The van der Waals surface area contributed by atoms with Gasteiger partial charge in [-0.3, -0.25) is 4.90 Å². The van der Waals surface area contributed by atoms with Crippen LogP contribution in [0.15, 0.2) is 16.7 Å². The van der Waals surface area contributed by atoms with Crippen molar-refractivity contribution in [3.63, 3.8) is 0 Å². The molecule has 0 amide bonds. The third-order valence-corrected chi connectivity index (χ3v) is 4.66. The lowest BCUT2D eigenvalue weighted by Crippen LogP contribution is -2.39. The van der Waals surface area contributed by atoms with Gasteiger partial charge in [-0.05, 0) is 51.4 Å². The average molecular weight is 292 g/mol. The van der Waals surface area contributed by atoms with Crippen molar-refractivity contribution in [1.82, 2.24) is 9.80 Å². The van der Waals surface area contributed by atoms with E-state index in [1.807, 2.05) is 6.07 Å². The number of furan rings is 1. The number of carbonyl (C=O) groups is 1. The van der Waals surface area contributed by atoms with E-state index in [2.05, 4.69) is 9.80 Å². The number of hydrogen-bond donors (Lipinski definition) is 0. The molecule has 2 fully saturated rings. The van der Waals surface area contributed by atoms with Crippen LogP contribution in [0.25, 0.3) is 0 Å². The zero-order chi connectivity index (χ0) is 14.7. The smallest absolute Gasteiger partial charge is 0.374 e. The van der Waals surface area contributed by atoms with E-state index < -0.39 is 0 Å². The Hall–Kier alpha value is -1.33. The lowest BCUT2D eigenvalue weighted by Gasteiger charge is -2.28. The van der Waals surface area contributed by atoms with Crippen LogP contribution in [0, 0.1) is 0 Å². The third-order valence-electron chi connectivity index (χ3n) is 4.66. The van der Waals surface area contributed by atoms with Crippen LogP contribution in [0.4, 0.5) is 0 Å². The fraction of sp³-hybridized carbons (Fsp3) is 0.688. The highest BCUT2D eigenvalue weighted by Crippen LogP contribution is 2.24. The molecule has 0 aliphatic carbocycles. The van der Waals surface area contributed by atoms with E-state index in [0.29, 0.717) is 11.8 Å². The zero-order valence-corrected chi connectivity index (χ0v) is 12.7. The average Bonchev–Trinajstić information content (AvgIpc) is 3.22. The molecule has 2 aliphatic heterocycles. The minimum atomic E-state index is -0.384.